The van der Waals surface area contributed by atoms with E-state index in [1.54, 1.807) is 18.2 Å². The van der Waals surface area contributed by atoms with Crippen LogP contribution in [0.3, 0.4) is 0 Å². The summed E-state index contributed by atoms with van der Waals surface area (Å²) < 4.78 is 8.98. The van der Waals surface area contributed by atoms with Gasteiger partial charge in [-0.15, -0.1) is 5.10 Å². The molecule has 3 aromatic rings. The fraction of sp³-hybridized carbons (Fsp3) is 0.0625. The maximum absolute atomic E-state index is 12.5. The zero-order valence-corrected chi connectivity index (χ0v) is 13.7. The highest BCUT2D eigenvalue weighted by Crippen LogP contribution is 2.29. The topological polar surface area (TPSA) is 64.1 Å². The summed E-state index contributed by atoms with van der Waals surface area (Å²) in [6.07, 6.45) is 0. The summed E-state index contributed by atoms with van der Waals surface area (Å²) in [5.74, 6) is 0.272. The van der Waals surface area contributed by atoms with Crippen LogP contribution >= 0.6 is 23.1 Å². The van der Waals surface area contributed by atoms with E-state index in [9.17, 15) is 4.79 Å². The van der Waals surface area contributed by atoms with E-state index in [4.69, 9.17) is 16.3 Å². The fourth-order valence-electron chi connectivity index (χ4n) is 2.06. The quantitative estimate of drug-likeness (QED) is 0.772. The van der Waals surface area contributed by atoms with Gasteiger partial charge < -0.3 is 10.1 Å². The van der Waals surface area contributed by atoms with Gasteiger partial charge in [0, 0.05) is 11.3 Å². The van der Waals surface area contributed by atoms with Gasteiger partial charge in [-0.05, 0) is 29.7 Å². The summed E-state index contributed by atoms with van der Waals surface area (Å²) >= 11 is 7.12. The highest BCUT2D eigenvalue weighted by Gasteiger charge is 2.18. The fourth-order valence-corrected chi connectivity index (χ4v) is 2.90. The molecule has 0 saturated heterocycles. The molecule has 5 nitrogen and oxygen atoms in total. The smallest absolute Gasteiger partial charge is 0.269 e. The standard InChI is InChI=1S/C16H12ClN3O2S/c1-22-13-8-7-11(9-12(13)17)18-16(21)15-14(19-20-23-15)10-5-3-2-4-6-10/h2-9H,1H3,(H,18,21). The first kappa shape index (κ1) is 15.5. The zero-order chi connectivity index (χ0) is 16.2. The van der Waals surface area contributed by atoms with Gasteiger partial charge in [0.2, 0.25) is 0 Å². The summed E-state index contributed by atoms with van der Waals surface area (Å²) in [6, 6.07) is 14.5. The predicted octanol–water partition coefficient (Wildman–Crippen LogP) is 4.12. The zero-order valence-electron chi connectivity index (χ0n) is 12.1. The van der Waals surface area contributed by atoms with Crippen molar-refractivity contribution in [2.45, 2.75) is 0 Å². The number of anilines is 1. The maximum atomic E-state index is 12.5. The first-order chi connectivity index (χ1) is 11.2. The lowest BCUT2D eigenvalue weighted by atomic mass is 10.1. The normalized spacial score (nSPS) is 10.3. The molecule has 0 unspecified atom stereocenters. The Morgan fingerprint density at radius 3 is 2.70 bits per heavy atom. The third kappa shape index (κ3) is 3.33. The van der Waals surface area contributed by atoms with Crippen LogP contribution in [0.25, 0.3) is 11.3 Å². The molecular formula is C16H12ClN3O2S. The number of nitrogens with zero attached hydrogens (tertiary/aromatic N) is 2. The number of halogens is 1. The van der Waals surface area contributed by atoms with Crippen molar-refractivity contribution < 1.29 is 9.53 Å². The van der Waals surface area contributed by atoms with E-state index in [2.05, 4.69) is 14.9 Å². The Kier molecular flexibility index (Phi) is 4.55. The van der Waals surface area contributed by atoms with Gasteiger partial charge in [-0.25, -0.2) is 0 Å². The molecule has 0 aliphatic rings. The average Bonchev–Trinajstić information content (AvgIpc) is 3.05. The van der Waals surface area contributed by atoms with Crippen LogP contribution in [-0.2, 0) is 0 Å². The minimum Gasteiger partial charge on any atom is -0.495 e. The molecule has 1 N–H and O–H groups in total. The maximum Gasteiger partial charge on any atom is 0.269 e. The van der Waals surface area contributed by atoms with E-state index in [1.807, 2.05) is 30.3 Å². The largest absolute Gasteiger partial charge is 0.495 e. The molecule has 116 valence electrons. The lowest BCUT2D eigenvalue weighted by molar-refractivity contribution is 0.103. The van der Waals surface area contributed by atoms with Gasteiger partial charge in [-0.2, -0.15) is 0 Å². The Morgan fingerprint density at radius 1 is 1.22 bits per heavy atom. The van der Waals surface area contributed by atoms with Gasteiger partial charge in [0.15, 0.2) is 0 Å². The molecule has 0 aliphatic carbocycles. The Morgan fingerprint density at radius 2 is 2.00 bits per heavy atom. The van der Waals surface area contributed by atoms with E-state index < -0.39 is 0 Å². The highest BCUT2D eigenvalue weighted by molar-refractivity contribution is 7.08. The third-order valence-electron chi connectivity index (χ3n) is 3.15. The Bertz CT molecular complexity index is 836. The lowest BCUT2D eigenvalue weighted by Gasteiger charge is -2.07. The number of ether oxygens (including phenoxy) is 1. The van der Waals surface area contributed by atoms with E-state index in [-0.39, 0.29) is 5.91 Å². The van der Waals surface area contributed by atoms with Crippen LogP contribution in [0.5, 0.6) is 5.75 Å². The Balaban J connectivity index is 1.85. The summed E-state index contributed by atoms with van der Waals surface area (Å²) in [6.45, 7) is 0. The molecule has 0 radical (unpaired) electrons. The number of hydrogen-bond acceptors (Lipinski definition) is 5. The van der Waals surface area contributed by atoms with Crippen molar-refractivity contribution in [3.63, 3.8) is 0 Å². The number of carbonyl (C=O) groups excluding carboxylic acids is 1. The van der Waals surface area contributed by atoms with Gasteiger partial charge in [0.05, 0.1) is 12.1 Å². The number of aromatic nitrogens is 2. The van der Waals surface area contributed by atoms with Gasteiger partial charge in [-0.3, -0.25) is 4.79 Å². The molecule has 1 amide bonds. The first-order valence-corrected chi connectivity index (χ1v) is 7.87. The van der Waals surface area contributed by atoms with Crippen LogP contribution in [-0.4, -0.2) is 22.6 Å². The molecule has 0 aliphatic heterocycles. The van der Waals surface area contributed by atoms with Crippen LogP contribution in [0, 0.1) is 0 Å². The average molecular weight is 346 g/mol. The van der Waals surface area contributed by atoms with E-state index >= 15 is 0 Å². The van der Waals surface area contributed by atoms with E-state index in [0.29, 0.717) is 27.0 Å². The second-order valence-electron chi connectivity index (χ2n) is 4.62. The minimum absolute atomic E-state index is 0.278. The molecule has 1 aromatic heterocycles. The number of benzene rings is 2. The van der Waals surface area contributed by atoms with Crippen molar-refractivity contribution >= 4 is 34.7 Å². The van der Waals surface area contributed by atoms with Gasteiger partial charge in [0.1, 0.15) is 16.3 Å². The van der Waals surface area contributed by atoms with Crippen LogP contribution in [0.15, 0.2) is 48.5 Å². The SMILES string of the molecule is COc1ccc(NC(=O)c2snnc2-c2ccccc2)cc1Cl. The monoisotopic (exact) mass is 345 g/mol. The summed E-state index contributed by atoms with van der Waals surface area (Å²) in [7, 11) is 1.54. The molecule has 2 aromatic carbocycles. The molecule has 0 bridgehead atoms. The molecule has 23 heavy (non-hydrogen) atoms. The van der Waals surface area contributed by atoms with Gasteiger partial charge >= 0.3 is 0 Å². The van der Waals surface area contributed by atoms with Crippen LogP contribution in [0.1, 0.15) is 9.67 Å². The minimum atomic E-state index is -0.278. The highest BCUT2D eigenvalue weighted by atomic mass is 35.5. The first-order valence-electron chi connectivity index (χ1n) is 6.71. The van der Waals surface area contributed by atoms with Crippen molar-refractivity contribution in [3.05, 3.63) is 58.4 Å². The Hall–Kier alpha value is -2.44. The Labute approximate surface area is 142 Å². The number of rotatable bonds is 4. The molecule has 0 fully saturated rings. The molecule has 0 saturated carbocycles. The van der Waals surface area contributed by atoms with Crippen LogP contribution in [0.2, 0.25) is 5.02 Å². The predicted molar refractivity (Wildman–Crippen MR) is 91.3 cm³/mol. The van der Waals surface area contributed by atoms with Crippen molar-refractivity contribution in [2.75, 3.05) is 12.4 Å². The van der Waals surface area contributed by atoms with Crippen LogP contribution in [0.4, 0.5) is 5.69 Å². The van der Waals surface area contributed by atoms with Crippen molar-refractivity contribution in [1.29, 1.82) is 0 Å². The second-order valence-corrected chi connectivity index (χ2v) is 5.78. The van der Waals surface area contributed by atoms with Crippen molar-refractivity contribution in [2.24, 2.45) is 0 Å². The summed E-state index contributed by atoms with van der Waals surface area (Å²) in [4.78, 5) is 12.9. The number of nitrogens with one attached hydrogen (secondary N) is 1. The van der Waals surface area contributed by atoms with Crippen LogP contribution < -0.4 is 10.1 Å². The third-order valence-corrected chi connectivity index (χ3v) is 4.17. The summed E-state index contributed by atoms with van der Waals surface area (Å²) in [5.41, 5.74) is 1.99. The molecule has 7 heteroatoms. The number of hydrogen-bond donors (Lipinski definition) is 1. The molecule has 3 rings (SSSR count). The number of amides is 1. The molecule has 0 spiro atoms. The molecule has 1 heterocycles. The van der Waals surface area contributed by atoms with Gasteiger partial charge in [0.25, 0.3) is 5.91 Å². The van der Waals surface area contributed by atoms with E-state index in [1.165, 1.54) is 7.11 Å². The second kappa shape index (κ2) is 6.76. The van der Waals surface area contributed by atoms with Crippen molar-refractivity contribution in [3.8, 4) is 17.0 Å². The lowest BCUT2D eigenvalue weighted by Crippen LogP contribution is -2.11. The molecule has 0 atom stereocenters. The number of methoxy groups -OCH3 is 1. The van der Waals surface area contributed by atoms with Gasteiger partial charge in [-0.1, -0.05) is 46.4 Å². The molecular weight excluding hydrogens is 334 g/mol. The number of carbonyl (C=O) groups is 1. The summed E-state index contributed by atoms with van der Waals surface area (Å²) in [5, 5.41) is 7.28. The van der Waals surface area contributed by atoms with Crippen molar-refractivity contribution in [1.82, 2.24) is 9.59 Å². The van der Waals surface area contributed by atoms with E-state index in [0.717, 1.165) is 17.1 Å².